The summed E-state index contributed by atoms with van der Waals surface area (Å²) in [6, 6.07) is 3.26. The van der Waals surface area contributed by atoms with Crippen molar-refractivity contribution < 1.29 is 9.21 Å². The quantitative estimate of drug-likeness (QED) is 0.477. The number of hydrogen-bond donors (Lipinski definition) is 2. The van der Waals surface area contributed by atoms with Crippen LogP contribution in [0.3, 0.4) is 0 Å². The maximum atomic E-state index is 12.0. The van der Waals surface area contributed by atoms with Crippen LogP contribution in [0.4, 0.5) is 0 Å². The van der Waals surface area contributed by atoms with Crippen LogP contribution in [0.1, 0.15) is 36.2 Å². The Morgan fingerprint density at radius 2 is 2.16 bits per heavy atom. The van der Waals surface area contributed by atoms with Crippen molar-refractivity contribution in [1.29, 1.82) is 0 Å². The summed E-state index contributed by atoms with van der Waals surface area (Å²) in [7, 11) is 0. The lowest BCUT2D eigenvalue weighted by Crippen LogP contribution is -2.29. The van der Waals surface area contributed by atoms with Crippen LogP contribution in [0.25, 0.3) is 0 Å². The molecule has 7 heteroatoms. The molecule has 0 saturated heterocycles. The number of aromatic nitrogens is 2. The lowest BCUT2D eigenvalue weighted by molar-refractivity contribution is 0.0924. The van der Waals surface area contributed by atoms with Gasteiger partial charge in [-0.05, 0) is 26.0 Å². The van der Waals surface area contributed by atoms with Crippen LogP contribution < -0.4 is 17.0 Å². The molecular formula is C12H16N4O3. The number of carbonyl (C=O) groups is 1. The number of carbonyl (C=O) groups excluding carboxylic acids is 1. The number of nitrogens with two attached hydrogens (primary N) is 1. The fourth-order valence-electron chi connectivity index (χ4n) is 1.77. The third kappa shape index (κ3) is 2.60. The first-order chi connectivity index (χ1) is 9.02. The number of nitrogen functional groups attached to an aromatic ring is 1. The number of rotatable bonds is 4. The second kappa shape index (κ2) is 5.15. The number of amides is 1. The molecule has 2 heterocycles. The maximum absolute atomic E-state index is 12.0. The zero-order valence-corrected chi connectivity index (χ0v) is 10.8. The summed E-state index contributed by atoms with van der Waals surface area (Å²) in [6.07, 6.45) is 3.41. The van der Waals surface area contributed by atoms with Gasteiger partial charge in [0.25, 0.3) is 0 Å². The Kier molecular flexibility index (Phi) is 3.57. The van der Waals surface area contributed by atoms with Crippen LogP contribution in [0, 0.1) is 0 Å². The third-order valence-corrected chi connectivity index (χ3v) is 2.77. The van der Waals surface area contributed by atoms with Gasteiger partial charge in [-0.3, -0.25) is 19.4 Å². The highest BCUT2D eigenvalue weighted by atomic mass is 16.4. The predicted molar refractivity (Wildman–Crippen MR) is 68.5 cm³/mol. The van der Waals surface area contributed by atoms with Gasteiger partial charge in [-0.1, -0.05) is 0 Å². The van der Waals surface area contributed by atoms with Gasteiger partial charge >= 0.3 is 11.6 Å². The normalized spacial score (nSPS) is 10.9. The Hall–Kier alpha value is -2.28. The molecule has 3 N–H and O–H groups in total. The van der Waals surface area contributed by atoms with Gasteiger partial charge in [-0.15, -0.1) is 0 Å². The van der Waals surface area contributed by atoms with E-state index in [4.69, 9.17) is 10.3 Å². The van der Waals surface area contributed by atoms with Gasteiger partial charge in [-0.25, -0.2) is 10.6 Å². The van der Waals surface area contributed by atoms with Gasteiger partial charge in [0.1, 0.15) is 5.76 Å². The van der Waals surface area contributed by atoms with Gasteiger partial charge < -0.3 is 4.42 Å². The topological polar surface area (TPSA) is 95.2 Å². The highest BCUT2D eigenvalue weighted by Crippen LogP contribution is 2.09. The van der Waals surface area contributed by atoms with E-state index >= 15 is 0 Å². The number of hydrazine groups is 1. The Morgan fingerprint density at radius 3 is 2.74 bits per heavy atom. The standard InChI is InChI=1S/C12H16N4O3/c1-8(2)16-6-5-15(12(16)18)7-9-3-4-10(19-9)11(17)14-13/h3-6,8H,7,13H2,1-2H3,(H,14,17). The van der Waals surface area contributed by atoms with Crippen LogP contribution >= 0.6 is 0 Å². The van der Waals surface area contributed by atoms with Crippen molar-refractivity contribution in [3.63, 3.8) is 0 Å². The minimum atomic E-state index is -0.502. The molecule has 0 aromatic carbocycles. The maximum Gasteiger partial charge on any atom is 0.328 e. The minimum Gasteiger partial charge on any atom is -0.454 e. The second-order valence-corrected chi connectivity index (χ2v) is 4.45. The van der Waals surface area contributed by atoms with Crippen LogP contribution in [0.15, 0.2) is 33.7 Å². The van der Waals surface area contributed by atoms with Crippen LogP contribution in [0.5, 0.6) is 0 Å². The number of imidazole rings is 1. The van der Waals surface area contributed by atoms with Crippen molar-refractivity contribution in [2.45, 2.75) is 26.4 Å². The van der Waals surface area contributed by atoms with E-state index in [1.54, 1.807) is 23.0 Å². The van der Waals surface area contributed by atoms with E-state index in [-0.39, 0.29) is 24.0 Å². The Balaban J connectivity index is 2.20. The molecule has 1 amide bonds. The molecule has 0 spiro atoms. The number of nitrogens with one attached hydrogen (secondary N) is 1. The molecule has 0 radical (unpaired) electrons. The largest absolute Gasteiger partial charge is 0.454 e. The molecule has 2 aromatic heterocycles. The summed E-state index contributed by atoms with van der Waals surface area (Å²) in [6.45, 7) is 4.14. The van der Waals surface area contributed by atoms with Gasteiger partial charge in [0.05, 0.1) is 6.54 Å². The number of nitrogens with zero attached hydrogens (tertiary/aromatic N) is 2. The molecule has 19 heavy (non-hydrogen) atoms. The Morgan fingerprint density at radius 1 is 1.42 bits per heavy atom. The molecule has 0 aliphatic carbocycles. The van der Waals surface area contributed by atoms with Crippen molar-refractivity contribution in [1.82, 2.24) is 14.6 Å². The molecule has 0 aliphatic rings. The summed E-state index contributed by atoms with van der Waals surface area (Å²) in [4.78, 5) is 23.2. The molecule has 2 aromatic rings. The van der Waals surface area contributed by atoms with E-state index in [9.17, 15) is 9.59 Å². The van der Waals surface area contributed by atoms with Gasteiger partial charge in [0.15, 0.2) is 5.76 Å². The lowest BCUT2D eigenvalue weighted by Gasteiger charge is -2.04. The molecule has 2 rings (SSSR count). The summed E-state index contributed by atoms with van der Waals surface area (Å²) in [5.74, 6) is 5.14. The molecule has 0 aliphatic heterocycles. The minimum absolute atomic E-state index is 0.101. The molecule has 0 bridgehead atoms. The van der Waals surface area contributed by atoms with E-state index in [0.717, 1.165) is 0 Å². The fourth-order valence-corrected chi connectivity index (χ4v) is 1.77. The second-order valence-electron chi connectivity index (χ2n) is 4.45. The monoisotopic (exact) mass is 264 g/mol. The zero-order valence-electron chi connectivity index (χ0n) is 10.8. The summed E-state index contributed by atoms with van der Waals surface area (Å²) in [5.41, 5.74) is 1.87. The van der Waals surface area contributed by atoms with Crippen molar-refractivity contribution in [3.8, 4) is 0 Å². The zero-order chi connectivity index (χ0) is 14.0. The molecule has 0 saturated carbocycles. The van der Waals surface area contributed by atoms with Crippen molar-refractivity contribution >= 4 is 5.91 Å². The van der Waals surface area contributed by atoms with Crippen molar-refractivity contribution in [3.05, 3.63) is 46.5 Å². The van der Waals surface area contributed by atoms with E-state index in [0.29, 0.717) is 5.76 Å². The van der Waals surface area contributed by atoms with E-state index < -0.39 is 5.91 Å². The highest BCUT2D eigenvalue weighted by Gasteiger charge is 2.11. The summed E-state index contributed by atoms with van der Waals surface area (Å²) >= 11 is 0. The first kappa shape index (κ1) is 13.2. The first-order valence-electron chi connectivity index (χ1n) is 5.90. The van der Waals surface area contributed by atoms with Crippen molar-refractivity contribution in [2.24, 2.45) is 5.84 Å². The first-order valence-corrected chi connectivity index (χ1v) is 5.90. The molecule has 7 nitrogen and oxygen atoms in total. The fraction of sp³-hybridized carbons (Fsp3) is 0.333. The molecule has 102 valence electrons. The SMILES string of the molecule is CC(C)n1ccn(Cc2ccc(C(=O)NN)o2)c1=O. The molecule has 0 fully saturated rings. The summed E-state index contributed by atoms with van der Waals surface area (Å²) in [5, 5.41) is 0. The number of furan rings is 1. The van der Waals surface area contributed by atoms with Gasteiger partial charge in [0, 0.05) is 18.4 Å². The lowest BCUT2D eigenvalue weighted by atomic mass is 10.4. The molecule has 0 unspecified atom stereocenters. The third-order valence-electron chi connectivity index (χ3n) is 2.77. The van der Waals surface area contributed by atoms with Crippen LogP contribution in [0.2, 0.25) is 0 Å². The molecule has 0 atom stereocenters. The van der Waals surface area contributed by atoms with Gasteiger partial charge in [-0.2, -0.15) is 0 Å². The van der Waals surface area contributed by atoms with Gasteiger partial charge in [0.2, 0.25) is 0 Å². The average Bonchev–Trinajstić information content (AvgIpc) is 2.97. The average molecular weight is 264 g/mol. The van der Waals surface area contributed by atoms with Crippen LogP contribution in [-0.2, 0) is 6.54 Å². The van der Waals surface area contributed by atoms with E-state index in [1.807, 2.05) is 19.3 Å². The highest BCUT2D eigenvalue weighted by molar-refractivity contribution is 5.90. The smallest absolute Gasteiger partial charge is 0.328 e. The molecular weight excluding hydrogens is 248 g/mol. The summed E-state index contributed by atoms with van der Waals surface area (Å²) < 4.78 is 8.44. The van der Waals surface area contributed by atoms with E-state index in [1.165, 1.54) is 10.6 Å². The van der Waals surface area contributed by atoms with E-state index in [2.05, 4.69) is 0 Å². The van der Waals surface area contributed by atoms with Crippen molar-refractivity contribution in [2.75, 3.05) is 0 Å². The van der Waals surface area contributed by atoms with Crippen LogP contribution in [-0.4, -0.2) is 15.0 Å². The Bertz CT molecular complexity index is 635. The predicted octanol–water partition coefficient (Wildman–Crippen LogP) is 0.476. The Labute approximate surface area is 109 Å². The number of hydrogen-bond acceptors (Lipinski definition) is 4.